The Hall–Kier alpha value is -3.60. The van der Waals surface area contributed by atoms with E-state index >= 15 is 0 Å². The van der Waals surface area contributed by atoms with Gasteiger partial charge in [-0.2, -0.15) is 0 Å². The van der Waals surface area contributed by atoms with Crippen LogP contribution in [0.15, 0.2) is 35.3 Å². The van der Waals surface area contributed by atoms with Crippen LogP contribution in [0.1, 0.15) is 43.1 Å². The molecule has 2 N–H and O–H groups in total. The second-order valence-electron chi connectivity index (χ2n) is 9.79. The number of fused-ring (bicyclic) bond motifs is 1. The number of pyridine rings is 1. The molecule has 1 aromatic carbocycles. The summed E-state index contributed by atoms with van der Waals surface area (Å²) in [5.74, 6) is -0.345. The Balaban J connectivity index is 1.56. The molecule has 0 radical (unpaired) electrons. The lowest BCUT2D eigenvalue weighted by molar-refractivity contribution is 0.0520. The molecular formula is C25H30N4O6S. The molecule has 1 fully saturated rings. The van der Waals surface area contributed by atoms with Crippen molar-refractivity contribution in [2.75, 3.05) is 31.6 Å². The standard InChI is InChI=1S/C25H30N4O6S/c1-25(2,3)35-24(33)26-11-16-9-10-28(13-16)23-27-21-20(36-23)19(30)18(22(31)32)14-29(21)12-15-5-7-17(34-4)8-6-15/h5-8,14,16H,9-13H2,1-4H3,(H,26,33)(H,31,32)/t16-/m0/s1. The van der Waals surface area contributed by atoms with Gasteiger partial charge in [0, 0.05) is 32.4 Å². The Bertz CT molecular complexity index is 1330. The molecule has 1 aliphatic rings. The SMILES string of the molecule is COc1ccc(Cn2cc(C(=O)O)c(=O)c3sc(N4CC[C@@H](CNC(=O)OC(C)(C)C)C4)nc32)cc1. The molecule has 0 unspecified atom stereocenters. The minimum atomic E-state index is -1.27. The van der Waals surface area contributed by atoms with E-state index in [9.17, 15) is 19.5 Å². The lowest BCUT2D eigenvalue weighted by Crippen LogP contribution is -2.36. The molecular weight excluding hydrogens is 484 g/mol. The fourth-order valence-corrected chi connectivity index (χ4v) is 5.16. The van der Waals surface area contributed by atoms with Crippen molar-refractivity contribution in [1.82, 2.24) is 14.9 Å². The van der Waals surface area contributed by atoms with Gasteiger partial charge >= 0.3 is 12.1 Å². The van der Waals surface area contributed by atoms with E-state index in [0.717, 1.165) is 24.3 Å². The topological polar surface area (TPSA) is 123 Å². The van der Waals surface area contributed by atoms with E-state index in [2.05, 4.69) is 10.2 Å². The maximum Gasteiger partial charge on any atom is 0.407 e. The number of methoxy groups -OCH3 is 1. The first-order chi connectivity index (χ1) is 17.0. The van der Waals surface area contributed by atoms with Crippen LogP contribution in [0.5, 0.6) is 5.75 Å². The quantitative estimate of drug-likeness (QED) is 0.491. The number of carboxylic acid groups (broad SMARTS) is 1. The molecule has 3 heterocycles. The Kier molecular flexibility index (Phi) is 7.21. The number of nitrogens with zero attached hydrogens (tertiary/aromatic N) is 3. The van der Waals surface area contributed by atoms with Crippen LogP contribution in [-0.4, -0.2) is 59.1 Å². The Morgan fingerprint density at radius 2 is 1.97 bits per heavy atom. The molecule has 4 rings (SSSR count). The van der Waals surface area contributed by atoms with Gasteiger partial charge in [-0.15, -0.1) is 0 Å². The zero-order chi connectivity index (χ0) is 26.0. The third-order valence-corrected chi connectivity index (χ3v) is 6.94. The van der Waals surface area contributed by atoms with E-state index in [1.54, 1.807) is 11.7 Å². The van der Waals surface area contributed by atoms with Crippen LogP contribution < -0.4 is 20.4 Å². The fraction of sp³-hybridized carbons (Fsp3) is 0.440. The highest BCUT2D eigenvalue weighted by atomic mass is 32.1. The molecule has 1 amide bonds. The van der Waals surface area contributed by atoms with E-state index in [4.69, 9.17) is 14.5 Å². The van der Waals surface area contributed by atoms with Crippen LogP contribution in [0.3, 0.4) is 0 Å². The number of ether oxygens (including phenoxy) is 2. The molecule has 1 atom stereocenters. The Labute approximate surface area is 212 Å². The number of nitrogens with one attached hydrogen (secondary N) is 1. The number of rotatable bonds is 7. The molecule has 11 heteroatoms. The molecule has 1 saturated heterocycles. The van der Waals surface area contributed by atoms with E-state index < -0.39 is 23.1 Å². The van der Waals surface area contributed by atoms with Gasteiger partial charge in [-0.3, -0.25) is 4.79 Å². The largest absolute Gasteiger partial charge is 0.497 e. The molecule has 192 valence electrons. The number of alkyl carbamates (subject to hydrolysis) is 1. The van der Waals surface area contributed by atoms with Gasteiger partial charge in [-0.25, -0.2) is 14.6 Å². The number of aromatic carboxylic acids is 1. The summed E-state index contributed by atoms with van der Waals surface area (Å²) in [6.45, 7) is 7.66. The highest BCUT2D eigenvalue weighted by Gasteiger charge is 2.28. The van der Waals surface area contributed by atoms with E-state index in [1.807, 2.05) is 45.0 Å². The number of hydrogen-bond acceptors (Lipinski definition) is 8. The van der Waals surface area contributed by atoms with Gasteiger partial charge in [-0.1, -0.05) is 23.5 Å². The van der Waals surface area contributed by atoms with Crippen LogP contribution in [0, 0.1) is 5.92 Å². The number of benzene rings is 1. The molecule has 10 nitrogen and oxygen atoms in total. The van der Waals surface area contributed by atoms with Crippen molar-refractivity contribution in [3.8, 4) is 5.75 Å². The first-order valence-electron chi connectivity index (χ1n) is 11.7. The van der Waals surface area contributed by atoms with Crippen molar-refractivity contribution in [1.29, 1.82) is 0 Å². The number of carbonyl (C=O) groups is 2. The van der Waals surface area contributed by atoms with Crippen molar-refractivity contribution in [2.24, 2.45) is 5.92 Å². The summed E-state index contributed by atoms with van der Waals surface area (Å²) in [5.41, 5.74) is -0.00220. The third kappa shape index (κ3) is 5.78. The normalized spacial score (nSPS) is 15.8. The average Bonchev–Trinajstić information content (AvgIpc) is 3.46. The molecule has 2 aromatic heterocycles. The second kappa shape index (κ2) is 10.2. The number of anilines is 1. The second-order valence-corrected chi connectivity index (χ2v) is 10.8. The summed E-state index contributed by atoms with van der Waals surface area (Å²) in [7, 11) is 1.59. The number of aromatic nitrogens is 2. The average molecular weight is 515 g/mol. The van der Waals surface area contributed by atoms with Crippen molar-refractivity contribution in [3.05, 3.63) is 51.8 Å². The van der Waals surface area contributed by atoms with Crippen molar-refractivity contribution < 1.29 is 24.2 Å². The van der Waals surface area contributed by atoms with Crippen LogP contribution in [0.2, 0.25) is 0 Å². The first-order valence-corrected chi connectivity index (χ1v) is 12.5. The smallest absolute Gasteiger partial charge is 0.407 e. The van der Waals surface area contributed by atoms with Gasteiger partial charge in [0.15, 0.2) is 10.8 Å². The molecule has 1 aliphatic heterocycles. The predicted molar refractivity (Wildman–Crippen MR) is 137 cm³/mol. The zero-order valence-electron chi connectivity index (χ0n) is 20.7. The molecule has 0 spiro atoms. The highest BCUT2D eigenvalue weighted by molar-refractivity contribution is 7.22. The van der Waals surface area contributed by atoms with Gasteiger partial charge in [0.25, 0.3) is 0 Å². The van der Waals surface area contributed by atoms with Crippen molar-refractivity contribution >= 4 is 38.9 Å². The predicted octanol–water partition coefficient (Wildman–Crippen LogP) is 3.56. The highest BCUT2D eigenvalue weighted by Crippen LogP contribution is 2.31. The summed E-state index contributed by atoms with van der Waals surface area (Å²) in [5, 5.41) is 13.1. The first kappa shape index (κ1) is 25.5. The minimum Gasteiger partial charge on any atom is -0.497 e. The van der Waals surface area contributed by atoms with Crippen LogP contribution in [0.25, 0.3) is 10.3 Å². The van der Waals surface area contributed by atoms with Gasteiger partial charge in [0.2, 0.25) is 5.43 Å². The summed E-state index contributed by atoms with van der Waals surface area (Å²) < 4.78 is 12.5. The number of carboxylic acids is 1. The molecule has 0 bridgehead atoms. The third-order valence-electron chi connectivity index (χ3n) is 5.84. The van der Waals surface area contributed by atoms with Crippen LogP contribution >= 0.6 is 11.3 Å². The molecule has 0 saturated carbocycles. The maximum atomic E-state index is 12.9. The lowest BCUT2D eigenvalue weighted by Gasteiger charge is -2.20. The summed E-state index contributed by atoms with van der Waals surface area (Å²) in [4.78, 5) is 43.5. The Morgan fingerprint density at radius 1 is 1.25 bits per heavy atom. The summed E-state index contributed by atoms with van der Waals surface area (Å²) in [6.07, 6.45) is 1.76. The summed E-state index contributed by atoms with van der Waals surface area (Å²) >= 11 is 1.20. The van der Waals surface area contributed by atoms with Gasteiger partial charge in [0.05, 0.1) is 7.11 Å². The lowest BCUT2D eigenvalue weighted by atomic mass is 10.1. The number of hydrogen-bond donors (Lipinski definition) is 2. The number of carbonyl (C=O) groups excluding carboxylic acids is 1. The zero-order valence-corrected chi connectivity index (χ0v) is 21.6. The molecule has 36 heavy (non-hydrogen) atoms. The van der Waals surface area contributed by atoms with Gasteiger partial charge < -0.3 is 29.4 Å². The van der Waals surface area contributed by atoms with Crippen LogP contribution in [-0.2, 0) is 11.3 Å². The van der Waals surface area contributed by atoms with Gasteiger partial charge in [-0.05, 0) is 50.8 Å². The van der Waals surface area contributed by atoms with Crippen molar-refractivity contribution in [2.45, 2.75) is 39.3 Å². The monoisotopic (exact) mass is 514 g/mol. The number of thiazole rings is 1. The Morgan fingerprint density at radius 3 is 2.61 bits per heavy atom. The van der Waals surface area contributed by atoms with E-state index in [0.29, 0.717) is 35.1 Å². The number of amides is 1. The summed E-state index contributed by atoms with van der Waals surface area (Å²) in [6, 6.07) is 7.43. The molecule has 3 aromatic rings. The van der Waals surface area contributed by atoms with Crippen LogP contribution in [0.4, 0.5) is 9.93 Å². The van der Waals surface area contributed by atoms with Gasteiger partial charge in [0.1, 0.15) is 21.6 Å². The van der Waals surface area contributed by atoms with Crippen molar-refractivity contribution in [3.63, 3.8) is 0 Å². The minimum absolute atomic E-state index is 0.206. The van der Waals surface area contributed by atoms with E-state index in [-0.39, 0.29) is 11.5 Å². The fourth-order valence-electron chi connectivity index (χ4n) is 4.09. The maximum absolute atomic E-state index is 12.9. The molecule has 0 aliphatic carbocycles. The van der Waals surface area contributed by atoms with E-state index in [1.165, 1.54) is 17.5 Å².